The zero-order chi connectivity index (χ0) is 28.0. The molecule has 40 heavy (non-hydrogen) atoms. The summed E-state index contributed by atoms with van der Waals surface area (Å²) >= 11 is 0. The normalized spacial score (nSPS) is 11.9. The first-order valence-corrected chi connectivity index (χ1v) is 13.0. The van der Waals surface area contributed by atoms with E-state index in [1.165, 1.54) is 0 Å². The highest BCUT2D eigenvalue weighted by molar-refractivity contribution is 6.44. The topological polar surface area (TPSA) is 71.1 Å². The maximum atomic E-state index is 14.2. The molecule has 7 aromatic rings. The summed E-state index contributed by atoms with van der Waals surface area (Å²) in [5.41, 5.74) is 1.79. The van der Waals surface area contributed by atoms with Gasteiger partial charge in [0.2, 0.25) is 0 Å². The SMILES string of the molecule is COc1cc(OC)c2c3c(OC)cc(OC)c4c(=O)c5ccc(C)cc5c(c43)c3c4cc(C)ccc4c(=O)c1c23. The molecule has 0 atom stereocenters. The van der Waals surface area contributed by atoms with Crippen molar-refractivity contribution in [1.29, 1.82) is 0 Å². The summed E-state index contributed by atoms with van der Waals surface area (Å²) in [7, 11) is 6.29. The molecule has 198 valence electrons. The minimum absolute atomic E-state index is 0.123. The van der Waals surface area contributed by atoms with Gasteiger partial charge in [-0.25, -0.2) is 0 Å². The monoisotopic (exact) mass is 530 g/mol. The van der Waals surface area contributed by atoms with Crippen molar-refractivity contribution in [2.24, 2.45) is 0 Å². The number of benzene rings is 7. The Morgan fingerprint density at radius 3 is 1.10 bits per heavy atom. The van der Waals surface area contributed by atoms with Crippen molar-refractivity contribution in [3.05, 3.63) is 80.1 Å². The fourth-order valence-corrected chi connectivity index (χ4v) is 6.54. The third-order valence-electron chi connectivity index (χ3n) is 8.22. The maximum absolute atomic E-state index is 14.2. The van der Waals surface area contributed by atoms with Crippen LogP contribution in [-0.4, -0.2) is 28.4 Å². The molecule has 0 aliphatic carbocycles. The van der Waals surface area contributed by atoms with Gasteiger partial charge in [0.15, 0.2) is 10.9 Å². The lowest BCUT2D eigenvalue weighted by Gasteiger charge is -2.23. The lowest BCUT2D eigenvalue weighted by atomic mass is 9.83. The van der Waals surface area contributed by atoms with Gasteiger partial charge in [-0.2, -0.15) is 0 Å². The van der Waals surface area contributed by atoms with Crippen LogP contribution in [-0.2, 0) is 0 Å². The molecule has 0 radical (unpaired) electrons. The zero-order valence-corrected chi connectivity index (χ0v) is 23.1. The van der Waals surface area contributed by atoms with Gasteiger partial charge in [0.25, 0.3) is 0 Å². The molecule has 7 rings (SSSR count). The molecule has 0 aliphatic rings. The molecule has 0 heterocycles. The largest absolute Gasteiger partial charge is 0.496 e. The Morgan fingerprint density at radius 2 is 0.750 bits per heavy atom. The quantitative estimate of drug-likeness (QED) is 0.183. The van der Waals surface area contributed by atoms with Crippen LogP contribution >= 0.6 is 0 Å². The van der Waals surface area contributed by atoms with E-state index in [9.17, 15) is 9.59 Å². The van der Waals surface area contributed by atoms with E-state index in [0.29, 0.717) is 55.3 Å². The first kappa shape index (κ1) is 24.2. The van der Waals surface area contributed by atoms with Crippen molar-refractivity contribution in [2.45, 2.75) is 13.8 Å². The Bertz CT molecular complexity index is 2160. The number of fused-ring (bicyclic) bond motifs is 6. The molecule has 0 saturated heterocycles. The van der Waals surface area contributed by atoms with Gasteiger partial charge >= 0.3 is 0 Å². The molecule has 0 spiro atoms. The summed E-state index contributed by atoms with van der Waals surface area (Å²) in [5, 5.41) is 8.27. The first-order valence-electron chi connectivity index (χ1n) is 13.0. The van der Waals surface area contributed by atoms with Gasteiger partial charge in [-0.15, -0.1) is 0 Å². The molecule has 0 aromatic heterocycles. The predicted molar refractivity (Wildman–Crippen MR) is 162 cm³/mol. The highest BCUT2D eigenvalue weighted by atomic mass is 16.5. The summed E-state index contributed by atoms with van der Waals surface area (Å²) in [6.07, 6.45) is 0. The number of aryl methyl sites for hydroxylation is 2. The summed E-state index contributed by atoms with van der Waals surface area (Å²) in [5.74, 6) is 1.89. The van der Waals surface area contributed by atoms with E-state index in [2.05, 4.69) is 0 Å². The van der Waals surface area contributed by atoms with Crippen LogP contribution < -0.4 is 29.8 Å². The first-order chi connectivity index (χ1) is 19.3. The van der Waals surface area contributed by atoms with Gasteiger partial charge in [-0.1, -0.05) is 47.5 Å². The zero-order valence-electron chi connectivity index (χ0n) is 23.1. The molecular formula is C34H26O6. The Labute approximate surface area is 228 Å². The highest BCUT2D eigenvalue weighted by Crippen LogP contribution is 2.53. The molecule has 6 heteroatoms. The molecule has 0 amide bonds. The van der Waals surface area contributed by atoms with E-state index in [1.54, 1.807) is 40.6 Å². The van der Waals surface area contributed by atoms with Crippen molar-refractivity contribution in [2.75, 3.05) is 28.4 Å². The second-order valence-electron chi connectivity index (χ2n) is 10.3. The summed E-state index contributed by atoms with van der Waals surface area (Å²) in [4.78, 5) is 28.4. The van der Waals surface area contributed by atoms with Gasteiger partial charge in [-0.3, -0.25) is 9.59 Å². The molecule has 0 unspecified atom stereocenters. The van der Waals surface area contributed by atoms with Crippen LogP contribution in [0.3, 0.4) is 0 Å². The summed E-state index contributed by atoms with van der Waals surface area (Å²) in [6.45, 7) is 4.02. The van der Waals surface area contributed by atoms with E-state index in [-0.39, 0.29) is 10.9 Å². The number of hydrogen-bond donors (Lipinski definition) is 0. The number of ether oxygens (including phenoxy) is 4. The van der Waals surface area contributed by atoms with Crippen LogP contribution in [0.2, 0.25) is 0 Å². The molecule has 0 N–H and O–H groups in total. The third kappa shape index (κ3) is 2.88. The van der Waals surface area contributed by atoms with Crippen molar-refractivity contribution < 1.29 is 18.9 Å². The van der Waals surface area contributed by atoms with E-state index in [0.717, 1.165) is 43.4 Å². The smallest absolute Gasteiger partial charge is 0.198 e. The van der Waals surface area contributed by atoms with Crippen LogP contribution in [0.1, 0.15) is 11.1 Å². The molecule has 0 fully saturated rings. The van der Waals surface area contributed by atoms with Gasteiger partial charge in [-0.05, 0) is 35.4 Å². The van der Waals surface area contributed by atoms with Crippen molar-refractivity contribution in [3.8, 4) is 23.0 Å². The maximum Gasteiger partial charge on any atom is 0.198 e. The molecular weight excluding hydrogens is 504 g/mol. The number of rotatable bonds is 4. The van der Waals surface area contributed by atoms with Crippen molar-refractivity contribution in [3.63, 3.8) is 0 Å². The van der Waals surface area contributed by atoms with Gasteiger partial charge in [0.1, 0.15) is 23.0 Å². The van der Waals surface area contributed by atoms with Crippen molar-refractivity contribution in [1.82, 2.24) is 0 Å². The van der Waals surface area contributed by atoms with E-state index in [1.807, 2.05) is 50.2 Å². The van der Waals surface area contributed by atoms with Crippen LogP contribution in [0.25, 0.3) is 64.6 Å². The van der Waals surface area contributed by atoms with Gasteiger partial charge < -0.3 is 18.9 Å². The van der Waals surface area contributed by atoms with Gasteiger partial charge in [0.05, 0.1) is 39.2 Å². The Hall–Kier alpha value is -4.84. The standard InChI is InChI=1S/C34H26O6/c1-15-7-9-17-19(11-15)25-26-20-12-16(2)8-10-18(20)34(36)30-24(40-6)14-22(38-4)28(32(26)30)27-21(37-3)13-23(39-5)29(31(25)27)33(17)35/h7-14H,1-6H3. The van der Waals surface area contributed by atoms with Crippen LogP contribution in [0.4, 0.5) is 0 Å². The summed E-state index contributed by atoms with van der Waals surface area (Å²) < 4.78 is 23.5. The number of hydrogen-bond acceptors (Lipinski definition) is 6. The van der Waals surface area contributed by atoms with E-state index < -0.39 is 0 Å². The summed E-state index contributed by atoms with van der Waals surface area (Å²) in [6, 6.07) is 15.2. The fraction of sp³-hybridized carbons (Fsp3) is 0.176. The second-order valence-corrected chi connectivity index (χ2v) is 10.3. The molecule has 6 nitrogen and oxygen atoms in total. The third-order valence-corrected chi connectivity index (χ3v) is 8.22. The van der Waals surface area contributed by atoms with Crippen molar-refractivity contribution >= 4 is 64.6 Å². The van der Waals surface area contributed by atoms with E-state index >= 15 is 0 Å². The molecule has 0 saturated carbocycles. The molecule has 0 aliphatic heterocycles. The lowest BCUT2D eigenvalue weighted by Crippen LogP contribution is -2.10. The fourth-order valence-electron chi connectivity index (χ4n) is 6.54. The Morgan fingerprint density at radius 1 is 0.400 bits per heavy atom. The van der Waals surface area contributed by atoms with Gasteiger partial charge in [0, 0.05) is 44.5 Å². The molecule has 7 aromatic carbocycles. The lowest BCUT2D eigenvalue weighted by molar-refractivity contribution is 0.398. The molecule has 0 bridgehead atoms. The Balaban J connectivity index is 2.07. The second kappa shape index (κ2) is 8.33. The highest BCUT2D eigenvalue weighted by Gasteiger charge is 2.29. The van der Waals surface area contributed by atoms with Crippen LogP contribution in [0.5, 0.6) is 23.0 Å². The Kier molecular flexibility index (Phi) is 5.04. The van der Waals surface area contributed by atoms with Crippen LogP contribution in [0.15, 0.2) is 58.1 Å². The minimum atomic E-state index is -0.123. The van der Waals surface area contributed by atoms with Crippen LogP contribution in [0, 0.1) is 13.8 Å². The predicted octanol–water partition coefficient (Wildman–Crippen LogP) is 6.85. The minimum Gasteiger partial charge on any atom is -0.496 e. The average Bonchev–Trinajstić information content (AvgIpc) is 2.96. The van der Waals surface area contributed by atoms with E-state index in [4.69, 9.17) is 18.9 Å². The average molecular weight is 531 g/mol. The number of methoxy groups -OCH3 is 4.